The average molecular weight is 434 g/mol. The van der Waals surface area contributed by atoms with Crippen LogP contribution in [0.25, 0.3) is 16.6 Å². The van der Waals surface area contributed by atoms with Crippen molar-refractivity contribution < 1.29 is 9.53 Å². The van der Waals surface area contributed by atoms with Crippen molar-refractivity contribution in [2.24, 2.45) is 5.92 Å². The molecule has 0 N–H and O–H groups in total. The highest BCUT2D eigenvalue weighted by Gasteiger charge is 2.46. The fraction of sp³-hybridized carbons (Fsp3) is 0.565. The summed E-state index contributed by atoms with van der Waals surface area (Å²) in [6, 6.07) is 3.09. The Balaban J connectivity index is 1.18. The zero-order chi connectivity index (χ0) is 21.2. The first kappa shape index (κ1) is 18.6. The molecule has 3 unspecified atom stereocenters. The van der Waals surface area contributed by atoms with Gasteiger partial charge in [0.15, 0.2) is 5.82 Å². The summed E-state index contributed by atoms with van der Waals surface area (Å²) in [5, 5.41) is 9.04. The van der Waals surface area contributed by atoms with E-state index < -0.39 is 0 Å². The van der Waals surface area contributed by atoms with Gasteiger partial charge in [-0.3, -0.25) is 9.48 Å². The van der Waals surface area contributed by atoms with Crippen LogP contribution in [0.15, 0.2) is 31.0 Å². The van der Waals surface area contributed by atoms with Crippen LogP contribution in [-0.4, -0.2) is 73.6 Å². The highest BCUT2D eigenvalue weighted by atomic mass is 16.5. The second kappa shape index (κ2) is 7.03. The molecule has 2 bridgehead atoms. The van der Waals surface area contributed by atoms with Crippen molar-refractivity contribution in [1.29, 1.82) is 0 Å². The highest BCUT2D eigenvalue weighted by Crippen LogP contribution is 2.39. The van der Waals surface area contributed by atoms with E-state index in [-0.39, 0.29) is 0 Å². The van der Waals surface area contributed by atoms with Crippen LogP contribution in [0, 0.1) is 5.92 Å². The fourth-order valence-electron chi connectivity index (χ4n) is 5.71. The van der Waals surface area contributed by atoms with Crippen LogP contribution in [-0.2, 0) is 9.53 Å². The minimum Gasteiger partial charge on any atom is -0.379 e. The third-order valence-corrected chi connectivity index (χ3v) is 7.56. The number of rotatable bonds is 4. The maximum atomic E-state index is 12.8. The van der Waals surface area contributed by atoms with E-state index >= 15 is 0 Å². The topological polar surface area (TPSA) is 80.8 Å². The molecular formula is C23H27N7O2. The smallest absolute Gasteiger partial charge is 0.226 e. The minimum atomic E-state index is 0.292. The van der Waals surface area contributed by atoms with Gasteiger partial charge in [-0.25, -0.2) is 9.50 Å². The van der Waals surface area contributed by atoms with Gasteiger partial charge >= 0.3 is 0 Å². The summed E-state index contributed by atoms with van der Waals surface area (Å²) in [5.74, 6) is 1.64. The van der Waals surface area contributed by atoms with Crippen LogP contribution in [0.3, 0.4) is 0 Å². The van der Waals surface area contributed by atoms with E-state index in [9.17, 15) is 4.79 Å². The first-order valence-electron chi connectivity index (χ1n) is 11.8. The molecule has 4 aliphatic rings. The summed E-state index contributed by atoms with van der Waals surface area (Å²) in [7, 11) is 0. The number of hydrogen-bond donors (Lipinski definition) is 0. The SMILES string of the molecule is O=C(C1CC1)N1C2CCC1CN(c1ncnn3cc(-c4cnn(C5CCOC5)c4)cc13)C2. The Kier molecular flexibility index (Phi) is 4.09. The van der Waals surface area contributed by atoms with Gasteiger partial charge in [-0.2, -0.15) is 10.2 Å². The monoisotopic (exact) mass is 433 g/mol. The molecule has 32 heavy (non-hydrogen) atoms. The lowest BCUT2D eigenvalue weighted by atomic mass is 10.1. The van der Waals surface area contributed by atoms with Gasteiger partial charge in [0.1, 0.15) is 11.8 Å². The van der Waals surface area contributed by atoms with Gasteiger partial charge < -0.3 is 14.5 Å². The van der Waals surface area contributed by atoms with Gasteiger partial charge in [-0.05, 0) is 38.2 Å². The molecule has 0 aromatic carbocycles. The first-order chi connectivity index (χ1) is 15.7. The van der Waals surface area contributed by atoms with Gasteiger partial charge in [-0.1, -0.05) is 0 Å². The summed E-state index contributed by atoms with van der Waals surface area (Å²) in [4.78, 5) is 22.0. The second-order valence-corrected chi connectivity index (χ2v) is 9.68. The van der Waals surface area contributed by atoms with E-state index in [0.29, 0.717) is 30.0 Å². The van der Waals surface area contributed by atoms with E-state index in [1.807, 2.05) is 15.4 Å². The van der Waals surface area contributed by atoms with Crippen molar-refractivity contribution >= 4 is 17.2 Å². The van der Waals surface area contributed by atoms with Crippen LogP contribution >= 0.6 is 0 Å². The zero-order valence-electron chi connectivity index (χ0n) is 18.0. The molecule has 1 amide bonds. The Labute approximate surface area is 186 Å². The van der Waals surface area contributed by atoms with Crippen molar-refractivity contribution in [2.75, 3.05) is 31.2 Å². The fourth-order valence-corrected chi connectivity index (χ4v) is 5.71. The van der Waals surface area contributed by atoms with Crippen LogP contribution < -0.4 is 4.90 Å². The molecule has 1 saturated carbocycles. The third-order valence-electron chi connectivity index (χ3n) is 7.56. The molecule has 7 rings (SSSR count). The Hall–Kier alpha value is -2.94. The molecule has 3 atom stereocenters. The maximum Gasteiger partial charge on any atom is 0.226 e. The zero-order valence-corrected chi connectivity index (χ0v) is 18.0. The standard InChI is InChI=1S/C23H27N7O2/c31-23(15-1-2-15)30-18-3-4-19(30)12-27(11-18)22-21-7-16(9-29(21)26-14-24-22)17-8-25-28(10-17)20-5-6-32-13-20/h7-10,14-15,18-20H,1-6,11-13H2. The van der Waals surface area contributed by atoms with Crippen LogP contribution in [0.5, 0.6) is 0 Å². The normalized spacial score (nSPS) is 27.6. The van der Waals surface area contributed by atoms with Gasteiger partial charge in [-0.15, -0.1) is 0 Å². The van der Waals surface area contributed by atoms with Crippen LogP contribution in [0.4, 0.5) is 5.82 Å². The number of piperazine rings is 1. The lowest BCUT2D eigenvalue weighted by Crippen LogP contribution is -2.56. The number of carbonyl (C=O) groups is 1. The second-order valence-electron chi connectivity index (χ2n) is 9.68. The van der Waals surface area contributed by atoms with Crippen molar-refractivity contribution in [3.63, 3.8) is 0 Å². The summed E-state index contributed by atoms with van der Waals surface area (Å²) in [6.45, 7) is 3.23. The van der Waals surface area contributed by atoms with Gasteiger partial charge in [0, 0.05) is 61.2 Å². The molecular weight excluding hydrogens is 406 g/mol. The average Bonchev–Trinajstić information content (AvgIpc) is 3.19. The number of fused-ring (bicyclic) bond motifs is 3. The first-order valence-corrected chi connectivity index (χ1v) is 11.8. The van der Waals surface area contributed by atoms with E-state index in [4.69, 9.17) is 4.74 Å². The predicted molar refractivity (Wildman–Crippen MR) is 117 cm³/mol. The van der Waals surface area contributed by atoms with E-state index in [0.717, 1.165) is 80.9 Å². The van der Waals surface area contributed by atoms with Crippen LogP contribution in [0.2, 0.25) is 0 Å². The van der Waals surface area contributed by atoms with Gasteiger partial charge in [0.05, 0.1) is 18.8 Å². The Morgan fingerprint density at radius 3 is 2.56 bits per heavy atom. The molecule has 0 spiro atoms. The minimum absolute atomic E-state index is 0.292. The van der Waals surface area contributed by atoms with Crippen molar-refractivity contribution in [1.82, 2.24) is 29.3 Å². The summed E-state index contributed by atoms with van der Waals surface area (Å²) in [5.41, 5.74) is 3.16. The summed E-state index contributed by atoms with van der Waals surface area (Å²) in [6.07, 6.45) is 13.0. The highest BCUT2D eigenvalue weighted by molar-refractivity contribution is 5.83. The number of aromatic nitrogens is 5. The van der Waals surface area contributed by atoms with Crippen molar-refractivity contribution in [2.45, 2.75) is 50.2 Å². The van der Waals surface area contributed by atoms with Crippen molar-refractivity contribution in [3.05, 3.63) is 31.0 Å². The number of hydrogen-bond acceptors (Lipinski definition) is 6. The summed E-state index contributed by atoms with van der Waals surface area (Å²) < 4.78 is 9.44. The summed E-state index contributed by atoms with van der Waals surface area (Å²) >= 11 is 0. The molecule has 4 fully saturated rings. The van der Waals surface area contributed by atoms with E-state index in [1.165, 1.54) is 0 Å². The Morgan fingerprint density at radius 2 is 1.81 bits per heavy atom. The number of ether oxygens (including phenoxy) is 1. The lowest BCUT2D eigenvalue weighted by Gasteiger charge is -2.41. The maximum absolute atomic E-state index is 12.8. The molecule has 1 aliphatic carbocycles. The van der Waals surface area contributed by atoms with Gasteiger partial charge in [0.2, 0.25) is 5.91 Å². The molecule has 3 aromatic heterocycles. The molecule has 0 radical (unpaired) electrons. The molecule has 6 heterocycles. The molecule has 3 aliphatic heterocycles. The molecule has 9 nitrogen and oxygen atoms in total. The quantitative estimate of drug-likeness (QED) is 0.627. The molecule has 3 saturated heterocycles. The molecule has 166 valence electrons. The number of anilines is 1. The van der Waals surface area contributed by atoms with Crippen molar-refractivity contribution in [3.8, 4) is 11.1 Å². The van der Waals surface area contributed by atoms with Crippen LogP contribution in [0.1, 0.15) is 38.1 Å². The largest absolute Gasteiger partial charge is 0.379 e. The molecule has 9 heteroatoms. The Bertz CT molecular complexity index is 1160. The number of nitrogens with zero attached hydrogens (tertiary/aromatic N) is 7. The Morgan fingerprint density at radius 1 is 0.969 bits per heavy atom. The van der Waals surface area contributed by atoms with E-state index in [2.05, 4.69) is 43.4 Å². The lowest BCUT2D eigenvalue weighted by molar-refractivity contribution is -0.135. The van der Waals surface area contributed by atoms with E-state index in [1.54, 1.807) is 6.33 Å². The van der Waals surface area contributed by atoms with Gasteiger partial charge in [0.25, 0.3) is 0 Å². The number of carbonyl (C=O) groups excluding carboxylic acids is 1. The molecule has 3 aromatic rings. The number of amides is 1. The predicted octanol–water partition coefficient (Wildman–Crippen LogP) is 2.14. The third kappa shape index (κ3) is 2.94.